The fraction of sp³-hybridized carbons (Fsp3) is 0.350. The molecular formula is C20H16ClF5N4O5S. The molecule has 1 aliphatic heterocycles. The number of carbonyl (C=O) groups excluding carboxylic acids is 2. The highest BCUT2D eigenvalue weighted by molar-refractivity contribution is 8.15. The Hall–Kier alpha value is -3.20. The van der Waals surface area contributed by atoms with E-state index in [2.05, 4.69) is 9.73 Å². The monoisotopic (exact) mass is 554 g/mol. The molecule has 2 aromatic rings. The summed E-state index contributed by atoms with van der Waals surface area (Å²) in [5, 5.41) is -1.24. The molecule has 1 unspecified atom stereocenters. The van der Waals surface area contributed by atoms with Crippen LogP contribution in [0.2, 0.25) is 5.02 Å². The second-order valence-electron chi connectivity index (χ2n) is 7.31. The lowest BCUT2D eigenvalue weighted by Crippen LogP contribution is -2.41. The summed E-state index contributed by atoms with van der Waals surface area (Å²) in [6, 6.07) is 1.71. The Morgan fingerprint density at radius 2 is 1.86 bits per heavy atom. The fourth-order valence-electron chi connectivity index (χ4n) is 3.17. The van der Waals surface area contributed by atoms with Crippen molar-refractivity contribution in [3.05, 3.63) is 55.6 Å². The quantitative estimate of drug-likeness (QED) is 0.402. The highest BCUT2D eigenvalue weighted by Gasteiger charge is 2.38. The zero-order chi connectivity index (χ0) is 26.9. The van der Waals surface area contributed by atoms with Gasteiger partial charge in [0.1, 0.15) is 30.0 Å². The maximum Gasteiger partial charge on any atom is 0.431 e. The van der Waals surface area contributed by atoms with E-state index in [0.29, 0.717) is 6.07 Å². The molecule has 36 heavy (non-hydrogen) atoms. The lowest BCUT2D eigenvalue weighted by atomic mass is 10.2. The molecular weight excluding hydrogens is 539 g/mol. The summed E-state index contributed by atoms with van der Waals surface area (Å²) < 4.78 is 71.1. The Balaban J connectivity index is 2.03. The van der Waals surface area contributed by atoms with Gasteiger partial charge in [0.05, 0.1) is 22.8 Å². The number of thioether (sulfide) groups is 1. The molecule has 16 heteroatoms. The number of aliphatic imine (C=N–C) groups is 1. The van der Waals surface area contributed by atoms with E-state index in [0.717, 1.165) is 29.8 Å². The zero-order valence-electron chi connectivity index (χ0n) is 18.4. The standard InChI is InChI=1S/C20H16ClF5N4O5S/c1-28-14(20(24,25)26)8-15(31)30(19(28)34)12-6-11(9(21)5-10(12)23)27-18-29(2)17(33)13(36-18)7-16(32)35-4-3-22/h5-6,8,13H,3-4,7H2,1-2H3. The van der Waals surface area contributed by atoms with Gasteiger partial charge in [0.25, 0.3) is 5.56 Å². The molecule has 1 aliphatic rings. The van der Waals surface area contributed by atoms with Gasteiger partial charge < -0.3 is 4.74 Å². The van der Waals surface area contributed by atoms with E-state index in [-0.39, 0.29) is 37.5 Å². The number of benzene rings is 1. The first-order valence-electron chi connectivity index (χ1n) is 9.90. The van der Waals surface area contributed by atoms with Gasteiger partial charge in [-0.25, -0.2) is 23.1 Å². The SMILES string of the molecule is CN1C(=O)C(CC(=O)OCCF)SC1=Nc1cc(-n2c(=O)cc(C(F)(F)F)n(C)c2=O)c(F)cc1Cl. The highest BCUT2D eigenvalue weighted by Crippen LogP contribution is 2.35. The van der Waals surface area contributed by atoms with Crippen LogP contribution >= 0.6 is 23.4 Å². The van der Waals surface area contributed by atoms with Crippen molar-refractivity contribution in [1.29, 1.82) is 0 Å². The zero-order valence-corrected chi connectivity index (χ0v) is 20.0. The van der Waals surface area contributed by atoms with Gasteiger partial charge in [-0.05, 0) is 12.1 Å². The molecule has 9 nitrogen and oxygen atoms in total. The van der Waals surface area contributed by atoms with E-state index >= 15 is 0 Å². The van der Waals surface area contributed by atoms with Gasteiger partial charge in [0, 0.05) is 20.2 Å². The summed E-state index contributed by atoms with van der Waals surface area (Å²) in [6.45, 7) is -1.35. The first-order chi connectivity index (χ1) is 16.8. The number of ether oxygens (including phenoxy) is 1. The highest BCUT2D eigenvalue weighted by atomic mass is 35.5. The predicted molar refractivity (Wildman–Crippen MR) is 120 cm³/mol. The third-order valence-electron chi connectivity index (χ3n) is 4.92. The lowest BCUT2D eigenvalue weighted by molar-refractivity contribution is -0.145. The normalized spacial score (nSPS) is 17.2. The number of halogens is 6. The van der Waals surface area contributed by atoms with E-state index in [1.807, 2.05) is 0 Å². The third kappa shape index (κ3) is 5.46. The fourth-order valence-corrected chi connectivity index (χ4v) is 4.49. The Morgan fingerprint density at radius 3 is 2.47 bits per heavy atom. The van der Waals surface area contributed by atoms with Crippen LogP contribution in [-0.4, -0.2) is 56.7 Å². The molecule has 0 bridgehead atoms. The summed E-state index contributed by atoms with van der Waals surface area (Å²) in [5.74, 6) is -2.55. The molecule has 3 rings (SSSR count). The largest absolute Gasteiger partial charge is 0.463 e. The number of rotatable bonds is 6. The van der Waals surface area contributed by atoms with Crippen LogP contribution in [0.1, 0.15) is 12.1 Å². The number of carbonyl (C=O) groups is 2. The van der Waals surface area contributed by atoms with Crippen molar-refractivity contribution in [2.45, 2.75) is 17.8 Å². The molecule has 1 amide bonds. The van der Waals surface area contributed by atoms with Crippen LogP contribution in [0.15, 0.2) is 32.8 Å². The first-order valence-corrected chi connectivity index (χ1v) is 11.2. The van der Waals surface area contributed by atoms with Crippen LogP contribution < -0.4 is 11.2 Å². The molecule has 0 N–H and O–H groups in total. The molecule has 0 saturated carbocycles. The summed E-state index contributed by atoms with van der Waals surface area (Å²) in [7, 11) is 2.10. The summed E-state index contributed by atoms with van der Waals surface area (Å²) >= 11 is 6.87. The minimum absolute atomic E-state index is 0.00965. The van der Waals surface area contributed by atoms with Gasteiger partial charge in [-0.15, -0.1) is 0 Å². The minimum atomic E-state index is -5.01. The predicted octanol–water partition coefficient (Wildman–Crippen LogP) is 2.81. The number of amides is 1. The molecule has 1 aromatic heterocycles. The van der Waals surface area contributed by atoms with Crippen molar-refractivity contribution < 1.29 is 36.3 Å². The third-order valence-corrected chi connectivity index (χ3v) is 6.45. The van der Waals surface area contributed by atoms with E-state index in [1.165, 1.54) is 7.05 Å². The second kappa shape index (κ2) is 10.4. The number of alkyl halides is 4. The lowest BCUT2D eigenvalue weighted by Gasteiger charge is -2.15. The molecule has 0 aliphatic carbocycles. The number of hydrogen-bond acceptors (Lipinski definition) is 7. The van der Waals surface area contributed by atoms with Gasteiger partial charge in [-0.3, -0.25) is 23.9 Å². The van der Waals surface area contributed by atoms with Crippen molar-refractivity contribution >= 4 is 46.1 Å². The maximum absolute atomic E-state index is 14.7. The summed E-state index contributed by atoms with van der Waals surface area (Å²) in [4.78, 5) is 54.3. The number of hydrogen-bond donors (Lipinski definition) is 0. The minimum Gasteiger partial charge on any atom is -0.463 e. The number of amidine groups is 1. The number of nitrogens with zero attached hydrogens (tertiary/aromatic N) is 4. The Bertz CT molecular complexity index is 1370. The van der Waals surface area contributed by atoms with Crippen LogP contribution in [0.5, 0.6) is 0 Å². The van der Waals surface area contributed by atoms with Gasteiger partial charge in [-0.1, -0.05) is 23.4 Å². The van der Waals surface area contributed by atoms with Crippen molar-refractivity contribution in [1.82, 2.24) is 14.0 Å². The van der Waals surface area contributed by atoms with Crippen molar-refractivity contribution in [3.8, 4) is 5.69 Å². The molecule has 2 heterocycles. The van der Waals surface area contributed by atoms with E-state index in [9.17, 15) is 41.1 Å². The second-order valence-corrected chi connectivity index (χ2v) is 8.89. The first kappa shape index (κ1) is 27.4. The number of esters is 1. The molecule has 1 saturated heterocycles. The Labute approximate surface area is 208 Å². The van der Waals surface area contributed by atoms with Crippen LogP contribution in [0.3, 0.4) is 0 Å². The van der Waals surface area contributed by atoms with E-state index in [1.54, 1.807) is 0 Å². The van der Waals surface area contributed by atoms with Crippen LogP contribution in [0, 0.1) is 5.82 Å². The summed E-state index contributed by atoms with van der Waals surface area (Å²) in [6.07, 6.45) is -5.39. The van der Waals surface area contributed by atoms with Gasteiger partial charge in [0.15, 0.2) is 5.17 Å². The average Bonchev–Trinajstić information content (AvgIpc) is 3.04. The van der Waals surface area contributed by atoms with Crippen molar-refractivity contribution in [2.24, 2.45) is 12.0 Å². The molecule has 0 radical (unpaired) electrons. The molecule has 1 atom stereocenters. The van der Waals surface area contributed by atoms with Gasteiger partial charge in [-0.2, -0.15) is 13.2 Å². The van der Waals surface area contributed by atoms with E-state index < -0.39 is 65.0 Å². The molecule has 0 spiro atoms. The van der Waals surface area contributed by atoms with Crippen LogP contribution in [-0.2, 0) is 27.5 Å². The average molecular weight is 555 g/mol. The van der Waals surface area contributed by atoms with Crippen molar-refractivity contribution in [2.75, 3.05) is 20.3 Å². The number of aromatic nitrogens is 2. The van der Waals surface area contributed by atoms with Gasteiger partial charge in [0.2, 0.25) is 5.91 Å². The summed E-state index contributed by atoms with van der Waals surface area (Å²) in [5.41, 5.74) is -5.38. The molecule has 194 valence electrons. The molecule has 1 aromatic carbocycles. The van der Waals surface area contributed by atoms with Crippen LogP contribution in [0.25, 0.3) is 5.69 Å². The van der Waals surface area contributed by atoms with E-state index in [4.69, 9.17) is 11.6 Å². The molecule has 1 fully saturated rings. The van der Waals surface area contributed by atoms with Crippen molar-refractivity contribution in [3.63, 3.8) is 0 Å². The van der Waals surface area contributed by atoms with Gasteiger partial charge >= 0.3 is 17.8 Å². The smallest absolute Gasteiger partial charge is 0.431 e. The Kier molecular flexibility index (Phi) is 7.93. The maximum atomic E-state index is 14.7. The van der Waals surface area contributed by atoms with Crippen LogP contribution in [0.4, 0.5) is 27.6 Å². The Morgan fingerprint density at radius 1 is 1.19 bits per heavy atom. The topological polar surface area (TPSA) is 103 Å².